The summed E-state index contributed by atoms with van der Waals surface area (Å²) in [6, 6.07) is 7.88. The summed E-state index contributed by atoms with van der Waals surface area (Å²) < 4.78 is 4.84. The zero-order valence-corrected chi connectivity index (χ0v) is 14.9. The van der Waals surface area contributed by atoms with Gasteiger partial charge in [-0.05, 0) is 30.7 Å². The monoisotopic (exact) mass is 383 g/mol. The Balaban J connectivity index is 1.48. The van der Waals surface area contributed by atoms with E-state index in [1.54, 1.807) is 12.3 Å². The molecule has 0 bridgehead atoms. The van der Waals surface area contributed by atoms with Crippen molar-refractivity contribution in [2.75, 3.05) is 23.7 Å². The number of nitro groups is 1. The van der Waals surface area contributed by atoms with Crippen LogP contribution >= 0.6 is 0 Å². The van der Waals surface area contributed by atoms with Crippen LogP contribution in [0.15, 0.2) is 47.3 Å². The number of aryl methyl sites for hydroxylation is 1. The molecule has 0 aromatic carbocycles. The molecule has 0 spiro atoms. The molecule has 3 N–H and O–H groups in total. The molecule has 0 fully saturated rings. The van der Waals surface area contributed by atoms with E-state index in [9.17, 15) is 14.9 Å². The second-order valence-corrected chi connectivity index (χ2v) is 5.71. The van der Waals surface area contributed by atoms with E-state index < -0.39 is 16.7 Å². The lowest BCUT2D eigenvalue weighted by Gasteiger charge is -2.09. The van der Waals surface area contributed by atoms with Gasteiger partial charge in [0.2, 0.25) is 0 Å². The Hall–Kier alpha value is -4.02. The van der Waals surface area contributed by atoms with Gasteiger partial charge in [0.25, 0.3) is 5.91 Å². The predicted octanol–water partition coefficient (Wildman–Crippen LogP) is 2.27. The van der Waals surface area contributed by atoms with Crippen molar-refractivity contribution in [3.05, 3.63) is 64.3 Å². The Labute approximate surface area is 159 Å². The summed E-state index contributed by atoms with van der Waals surface area (Å²) in [5, 5.41) is 19.3. The Morgan fingerprint density at radius 2 is 1.89 bits per heavy atom. The third-order valence-corrected chi connectivity index (χ3v) is 3.55. The number of furan rings is 1. The molecular weight excluding hydrogens is 366 g/mol. The summed E-state index contributed by atoms with van der Waals surface area (Å²) in [6.07, 6.45) is 3.11. The van der Waals surface area contributed by atoms with Gasteiger partial charge < -0.3 is 20.4 Å². The first-order valence-electron chi connectivity index (χ1n) is 8.29. The van der Waals surface area contributed by atoms with Gasteiger partial charge in [-0.25, -0.2) is 15.0 Å². The van der Waals surface area contributed by atoms with Crippen LogP contribution in [0.1, 0.15) is 16.1 Å². The van der Waals surface area contributed by atoms with Gasteiger partial charge in [0.15, 0.2) is 5.76 Å². The van der Waals surface area contributed by atoms with E-state index in [1.807, 2.05) is 19.1 Å². The highest BCUT2D eigenvalue weighted by atomic mass is 16.6. The lowest BCUT2D eigenvalue weighted by atomic mass is 10.3. The number of amides is 1. The number of pyridine rings is 1. The van der Waals surface area contributed by atoms with Gasteiger partial charge in [0.1, 0.15) is 28.7 Å². The number of carbonyl (C=O) groups is 1. The number of carbonyl (C=O) groups excluding carboxylic acids is 1. The van der Waals surface area contributed by atoms with Crippen molar-refractivity contribution < 1.29 is 14.1 Å². The van der Waals surface area contributed by atoms with Crippen molar-refractivity contribution >= 4 is 29.2 Å². The number of anilines is 3. The van der Waals surface area contributed by atoms with Gasteiger partial charge >= 0.3 is 5.88 Å². The SMILES string of the molecule is Cc1ccnc(Nc2cc(NCCNC(=O)c3ccc([N+](=O)[O-])o3)ncn2)c1. The first-order chi connectivity index (χ1) is 13.5. The minimum absolute atomic E-state index is 0.120. The van der Waals surface area contributed by atoms with Crippen molar-refractivity contribution in [1.29, 1.82) is 0 Å². The maximum atomic E-state index is 11.9. The minimum Gasteiger partial charge on any atom is -0.395 e. The third-order valence-electron chi connectivity index (χ3n) is 3.55. The highest BCUT2D eigenvalue weighted by Gasteiger charge is 2.16. The number of rotatable bonds is 8. The standard InChI is InChI=1S/C17H17N7O4/c1-11-4-5-18-14(8-11)23-15-9-13(21-10-22-15)19-6-7-20-17(25)12-2-3-16(28-12)24(26)27/h2-5,8-10H,6-7H2,1H3,(H,20,25)(H2,18,19,21,22,23). The molecule has 11 heteroatoms. The average molecular weight is 383 g/mol. The molecule has 3 rings (SSSR count). The van der Waals surface area contributed by atoms with Crippen molar-refractivity contribution in [2.45, 2.75) is 6.92 Å². The van der Waals surface area contributed by atoms with Gasteiger partial charge in [0, 0.05) is 25.4 Å². The smallest absolute Gasteiger partial charge is 0.395 e. The predicted molar refractivity (Wildman–Crippen MR) is 100 cm³/mol. The van der Waals surface area contributed by atoms with Gasteiger partial charge in [-0.15, -0.1) is 0 Å². The molecule has 0 radical (unpaired) electrons. The number of hydrogen-bond acceptors (Lipinski definition) is 9. The zero-order chi connectivity index (χ0) is 19.9. The van der Waals surface area contributed by atoms with Crippen molar-refractivity contribution in [2.24, 2.45) is 0 Å². The molecule has 11 nitrogen and oxygen atoms in total. The molecule has 0 saturated heterocycles. The van der Waals surface area contributed by atoms with E-state index >= 15 is 0 Å². The summed E-state index contributed by atoms with van der Waals surface area (Å²) in [6.45, 7) is 2.61. The van der Waals surface area contributed by atoms with E-state index in [1.165, 1.54) is 12.4 Å². The van der Waals surface area contributed by atoms with E-state index in [0.29, 0.717) is 24.0 Å². The molecule has 144 valence electrons. The number of nitrogens with zero attached hydrogens (tertiary/aromatic N) is 4. The van der Waals surface area contributed by atoms with Gasteiger partial charge in [0.05, 0.1) is 6.07 Å². The van der Waals surface area contributed by atoms with Gasteiger partial charge in [-0.2, -0.15) is 0 Å². The highest BCUT2D eigenvalue weighted by molar-refractivity contribution is 5.91. The quantitative estimate of drug-likeness (QED) is 0.302. The first kappa shape index (κ1) is 18.8. The van der Waals surface area contributed by atoms with E-state index in [2.05, 4.69) is 30.9 Å². The molecule has 3 aromatic heterocycles. The molecule has 0 aliphatic rings. The second kappa shape index (κ2) is 8.58. The van der Waals surface area contributed by atoms with Crippen molar-refractivity contribution in [1.82, 2.24) is 20.3 Å². The fourth-order valence-corrected chi connectivity index (χ4v) is 2.26. The Kier molecular flexibility index (Phi) is 5.75. The van der Waals surface area contributed by atoms with Crippen LogP contribution in [-0.4, -0.2) is 38.9 Å². The van der Waals surface area contributed by atoms with E-state index in [4.69, 9.17) is 4.42 Å². The van der Waals surface area contributed by atoms with Crippen molar-refractivity contribution in [3.8, 4) is 0 Å². The average Bonchev–Trinajstić information content (AvgIpc) is 3.16. The Morgan fingerprint density at radius 1 is 1.11 bits per heavy atom. The Morgan fingerprint density at radius 3 is 2.64 bits per heavy atom. The molecule has 0 saturated carbocycles. The van der Waals surface area contributed by atoms with Crippen LogP contribution in [0.5, 0.6) is 0 Å². The summed E-state index contributed by atoms with van der Waals surface area (Å²) >= 11 is 0. The minimum atomic E-state index is -0.703. The lowest BCUT2D eigenvalue weighted by molar-refractivity contribution is -0.402. The third kappa shape index (κ3) is 5.00. The van der Waals surface area contributed by atoms with Crippen LogP contribution in [0, 0.1) is 17.0 Å². The van der Waals surface area contributed by atoms with Crippen LogP contribution < -0.4 is 16.0 Å². The van der Waals surface area contributed by atoms with Crippen molar-refractivity contribution in [3.63, 3.8) is 0 Å². The summed E-state index contributed by atoms with van der Waals surface area (Å²) in [5.41, 5.74) is 1.07. The molecule has 0 unspecified atom stereocenters. The molecule has 3 aromatic rings. The van der Waals surface area contributed by atoms with E-state index in [0.717, 1.165) is 11.6 Å². The second-order valence-electron chi connectivity index (χ2n) is 5.71. The van der Waals surface area contributed by atoms with Gasteiger partial charge in [-0.1, -0.05) is 0 Å². The molecule has 0 aliphatic heterocycles. The molecule has 28 heavy (non-hydrogen) atoms. The first-order valence-corrected chi connectivity index (χ1v) is 8.29. The summed E-state index contributed by atoms with van der Waals surface area (Å²) in [7, 11) is 0. The van der Waals surface area contributed by atoms with E-state index in [-0.39, 0.29) is 12.3 Å². The molecular formula is C17H17N7O4. The molecule has 0 atom stereocenters. The molecule has 3 heterocycles. The van der Waals surface area contributed by atoms with Crippen LogP contribution in [0.3, 0.4) is 0 Å². The number of nitrogens with one attached hydrogen (secondary N) is 3. The molecule has 0 aliphatic carbocycles. The number of hydrogen-bond donors (Lipinski definition) is 3. The highest BCUT2D eigenvalue weighted by Crippen LogP contribution is 2.16. The van der Waals surface area contributed by atoms with Crippen LogP contribution in [0.4, 0.5) is 23.3 Å². The lowest BCUT2D eigenvalue weighted by Crippen LogP contribution is -2.28. The maximum absolute atomic E-state index is 11.9. The van der Waals surface area contributed by atoms with Crippen LogP contribution in [0.25, 0.3) is 0 Å². The fourth-order valence-electron chi connectivity index (χ4n) is 2.26. The van der Waals surface area contributed by atoms with Gasteiger partial charge in [-0.3, -0.25) is 14.9 Å². The summed E-state index contributed by atoms with van der Waals surface area (Å²) in [4.78, 5) is 34.2. The summed E-state index contributed by atoms with van der Waals surface area (Å²) in [5.74, 6) is 0.670. The topological polar surface area (TPSA) is 148 Å². The van der Waals surface area contributed by atoms with Crippen LogP contribution in [-0.2, 0) is 0 Å². The van der Waals surface area contributed by atoms with Crippen LogP contribution in [0.2, 0.25) is 0 Å². The molecule has 1 amide bonds. The maximum Gasteiger partial charge on any atom is 0.433 e. The Bertz CT molecular complexity index is 989. The zero-order valence-electron chi connectivity index (χ0n) is 14.9. The number of aromatic nitrogens is 3. The normalized spacial score (nSPS) is 10.3. The largest absolute Gasteiger partial charge is 0.433 e. The fraction of sp³-hybridized carbons (Fsp3) is 0.176.